The molecule has 0 radical (unpaired) electrons. The fourth-order valence-electron chi connectivity index (χ4n) is 1.30. The first-order valence-electron chi connectivity index (χ1n) is 5.70. The number of ether oxygens (including phenoxy) is 1. The Morgan fingerprint density at radius 2 is 2.25 bits per heavy atom. The minimum atomic E-state index is 0.118. The number of hydrogen-bond acceptors (Lipinski definition) is 4. The second kappa shape index (κ2) is 7.06. The van der Waals surface area contributed by atoms with Crippen LogP contribution in [0.15, 0.2) is 18.3 Å². The van der Waals surface area contributed by atoms with Gasteiger partial charge in [-0.1, -0.05) is 0 Å². The summed E-state index contributed by atoms with van der Waals surface area (Å²) in [6.07, 6.45) is 3.59. The maximum Gasteiger partial charge on any atom is 0.237 e. The summed E-state index contributed by atoms with van der Waals surface area (Å²) in [5.74, 6) is 0.640. The summed E-state index contributed by atoms with van der Waals surface area (Å²) >= 11 is 0. The lowest BCUT2D eigenvalue weighted by molar-refractivity contribution is 0.234. The maximum atomic E-state index is 8.67. The topological polar surface area (TPSA) is 54.4 Å². The average Bonchev–Trinajstić information content (AvgIpc) is 2.26. The number of nitrogens with one attached hydrogen (secondary N) is 1. The molecule has 0 aromatic carbocycles. The Bertz CT molecular complexity index is 303. The third-order valence-electron chi connectivity index (χ3n) is 2.02. The number of pyridine rings is 1. The lowest BCUT2D eigenvalue weighted by Crippen LogP contribution is -2.10. The molecule has 4 heteroatoms. The zero-order valence-electron chi connectivity index (χ0n) is 9.94. The molecule has 0 spiro atoms. The summed E-state index contributed by atoms with van der Waals surface area (Å²) in [4.78, 5) is 4.18. The Hall–Kier alpha value is -1.29. The molecule has 16 heavy (non-hydrogen) atoms. The molecule has 2 N–H and O–H groups in total. The highest BCUT2D eigenvalue weighted by Gasteiger charge is 2.05. The van der Waals surface area contributed by atoms with Crippen LogP contribution in [0.2, 0.25) is 0 Å². The molecule has 1 aromatic heterocycles. The van der Waals surface area contributed by atoms with Gasteiger partial charge in [-0.05, 0) is 38.8 Å². The first kappa shape index (κ1) is 12.8. The Morgan fingerprint density at radius 1 is 1.44 bits per heavy atom. The van der Waals surface area contributed by atoms with Gasteiger partial charge in [0.15, 0.2) is 0 Å². The number of anilines is 1. The van der Waals surface area contributed by atoms with Crippen LogP contribution in [0.4, 0.5) is 5.69 Å². The van der Waals surface area contributed by atoms with Crippen molar-refractivity contribution in [3.8, 4) is 5.88 Å². The van der Waals surface area contributed by atoms with Crippen molar-refractivity contribution < 1.29 is 9.84 Å². The molecule has 0 aliphatic rings. The van der Waals surface area contributed by atoms with Gasteiger partial charge in [-0.15, -0.1) is 0 Å². The molecule has 1 aromatic rings. The first-order valence-corrected chi connectivity index (χ1v) is 5.70. The largest absolute Gasteiger partial charge is 0.473 e. The number of unbranched alkanes of at least 4 members (excludes halogenated alkanes) is 1. The first-order chi connectivity index (χ1) is 7.74. The Labute approximate surface area is 96.7 Å². The summed E-state index contributed by atoms with van der Waals surface area (Å²) in [7, 11) is 0. The van der Waals surface area contributed by atoms with E-state index in [9.17, 15) is 0 Å². The van der Waals surface area contributed by atoms with Gasteiger partial charge in [0.1, 0.15) is 0 Å². The Morgan fingerprint density at radius 3 is 2.94 bits per heavy atom. The zero-order chi connectivity index (χ0) is 11.8. The van der Waals surface area contributed by atoms with Gasteiger partial charge in [0.05, 0.1) is 11.8 Å². The molecule has 0 aliphatic carbocycles. The molecule has 0 atom stereocenters. The van der Waals surface area contributed by atoms with Gasteiger partial charge in [0, 0.05) is 19.3 Å². The molecule has 0 amide bonds. The van der Waals surface area contributed by atoms with Crippen LogP contribution < -0.4 is 10.1 Å². The summed E-state index contributed by atoms with van der Waals surface area (Å²) in [6, 6.07) is 3.82. The summed E-state index contributed by atoms with van der Waals surface area (Å²) in [6.45, 7) is 5.01. The van der Waals surface area contributed by atoms with Gasteiger partial charge in [-0.3, -0.25) is 0 Å². The van der Waals surface area contributed by atoms with Gasteiger partial charge in [-0.25, -0.2) is 4.98 Å². The van der Waals surface area contributed by atoms with Crippen molar-refractivity contribution in [1.82, 2.24) is 4.98 Å². The number of nitrogens with zero attached hydrogens (tertiary/aromatic N) is 1. The molecule has 4 nitrogen and oxygen atoms in total. The second-order valence-electron chi connectivity index (χ2n) is 3.88. The molecule has 1 rings (SSSR count). The van der Waals surface area contributed by atoms with Crippen LogP contribution in [-0.4, -0.2) is 29.3 Å². The second-order valence-corrected chi connectivity index (χ2v) is 3.88. The van der Waals surface area contributed by atoms with Crippen LogP contribution in [0.1, 0.15) is 26.7 Å². The smallest absolute Gasteiger partial charge is 0.237 e. The lowest BCUT2D eigenvalue weighted by atomic mass is 10.3. The molecule has 0 saturated heterocycles. The predicted molar refractivity (Wildman–Crippen MR) is 64.8 cm³/mol. The molecule has 1 heterocycles. The van der Waals surface area contributed by atoms with E-state index in [1.807, 2.05) is 26.0 Å². The highest BCUT2D eigenvalue weighted by atomic mass is 16.5. The van der Waals surface area contributed by atoms with E-state index in [0.29, 0.717) is 5.88 Å². The molecule has 0 fully saturated rings. The van der Waals surface area contributed by atoms with E-state index in [0.717, 1.165) is 25.1 Å². The van der Waals surface area contributed by atoms with Crippen LogP contribution in [-0.2, 0) is 0 Å². The van der Waals surface area contributed by atoms with E-state index < -0.39 is 0 Å². The van der Waals surface area contributed by atoms with Crippen LogP contribution in [0.5, 0.6) is 5.88 Å². The van der Waals surface area contributed by atoms with Gasteiger partial charge in [-0.2, -0.15) is 0 Å². The molecule has 0 aliphatic heterocycles. The quantitative estimate of drug-likeness (QED) is 0.696. The summed E-state index contributed by atoms with van der Waals surface area (Å²) in [5.41, 5.74) is 0.911. The third kappa shape index (κ3) is 4.49. The standard InChI is InChI=1S/C12H20N2O2/c1-10(2)16-12-11(6-5-8-14-12)13-7-3-4-9-15/h5-6,8,10,13,15H,3-4,7,9H2,1-2H3. The van der Waals surface area contributed by atoms with Crippen LogP contribution in [0.3, 0.4) is 0 Å². The van der Waals surface area contributed by atoms with Crippen molar-refractivity contribution in [2.45, 2.75) is 32.8 Å². The van der Waals surface area contributed by atoms with Crippen molar-refractivity contribution in [3.63, 3.8) is 0 Å². The molecule has 0 unspecified atom stereocenters. The van der Waals surface area contributed by atoms with Crippen molar-refractivity contribution in [2.75, 3.05) is 18.5 Å². The number of aromatic nitrogens is 1. The van der Waals surface area contributed by atoms with Crippen molar-refractivity contribution >= 4 is 5.69 Å². The highest BCUT2D eigenvalue weighted by molar-refractivity contribution is 5.51. The normalized spacial score (nSPS) is 10.5. The van der Waals surface area contributed by atoms with Gasteiger partial charge >= 0.3 is 0 Å². The molecule has 90 valence electrons. The van der Waals surface area contributed by atoms with Crippen LogP contribution in [0, 0.1) is 0 Å². The molecular weight excluding hydrogens is 204 g/mol. The van der Waals surface area contributed by atoms with Gasteiger partial charge in [0.25, 0.3) is 0 Å². The lowest BCUT2D eigenvalue weighted by Gasteiger charge is -2.13. The van der Waals surface area contributed by atoms with Gasteiger partial charge in [0.2, 0.25) is 5.88 Å². The SMILES string of the molecule is CC(C)Oc1ncccc1NCCCCO. The Balaban J connectivity index is 2.50. The summed E-state index contributed by atoms with van der Waals surface area (Å²) in [5, 5.41) is 11.9. The number of hydrogen-bond donors (Lipinski definition) is 2. The van der Waals surface area contributed by atoms with E-state index in [4.69, 9.17) is 9.84 Å². The molecular formula is C12H20N2O2. The fourth-order valence-corrected chi connectivity index (χ4v) is 1.30. The number of rotatable bonds is 7. The van der Waals surface area contributed by atoms with Crippen LogP contribution >= 0.6 is 0 Å². The summed E-state index contributed by atoms with van der Waals surface area (Å²) < 4.78 is 5.58. The molecule has 0 saturated carbocycles. The minimum absolute atomic E-state index is 0.118. The van der Waals surface area contributed by atoms with E-state index in [1.165, 1.54) is 0 Å². The van der Waals surface area contributed by atoms with E-state index in [2.05, 4.69) is 10.3 Å². The average molecular weight is 224 g/mol. The van der Waals surface area contributed by atoms with Crippen molar-refractivity contribution in [1.29, 1.82) is 0 Å². The predicted octanol–water partition coefficient (Wildman–Crippen LogP) is 2.05. The van der Waals surface area contributed by atoms with Crippen molar-refractivity contribution in [3.05, 3.63) is 18.3 Å². The fraction of sp³-hybridized carbons (Fsp3) is 0.583. The molecule has 0 bridgehead atoms. The number of aliphatic hydroxyl groups is 1. The number of aliphatic hydroxyl groups excluding tert-OH is 1. The van der Waals surface area contributed by atoms with E-state index >= 15 is 0 Å². The van der Waals surface area contributed by atoms with Gasteiger partial charge < -0.3 is 15.2 Å². The van der Waals surface area contributed by atoms with E-state index in [-0.39, 0.29) is 12.7 Å². The van der Waals surface area contributed by atoms with E-state index in [1.54, 1.807) is 6.20 Å². The zero-order valence-corrected chi connectivity index (χ0v) is 9.94. The minimum Gasteiger partial charge on any atom is -0.473 e. The maximum absolute atomic E-state index is 8.67. The third-order valence-corrected chi connectivity index (χ3v) is 2.02. The van der Waals surface area contributed by atoms with Crippen LogP contribution in [0.25, 0.3) is 0 Å². The Kier molecular flexibility index (Phi) is 5.64. The monoisotopic (exact) mass is 224 g/mol. The van der Waals surface area contributed by atoms with Crippen molar-refractivity contribution in [2.24, 2.45) is 0 Å². The highest BCUT2D eigenvalue weighted by Crippen LogP contribution is 2.21.